The number of anilines is 1. The molecule has 1 aromatic heterocycles. The summed E-state index contributed by atoms with van der Waals surface area (Å²) in [5.41, 5.74) is 0. The third-order valence-corrected chi connectivity index (χ3v) is 4.59. The Hall–Kier alpha value is -0.290. The Labute approximate surface area is 122 Å². The molecule has 1 aliphatic heterocycles. The van der Waals surface area contributed by atoms with Gasteiger partial charge in [0, 0.05) is 35.6 Å². The molecule has 5 heteroatoms. The van der Waals surface area contributed by atoms with Crippen LogP contribution in [0.15, 0.2) is 10.7 Å². The molecule has 1 aromatic rings. The molecule has 2 rings (SSSR count). The molecule has 0 aliphatic carbocycles. The fourth-order valence-corrected chi connectivity index (χ4v) is 3.92. The van der Waals surface area contributed by atoms with Crippen molar-refractivity contribution < 1.29 is 0 Å². The summed E-state index contributed by atoms with van der Waals surface area (Å²) in [6.07, 6.45) is 0. The molecule has 0 spiro atoms. The Bertz CT molecular complexity index is 415. The number of hydrogen-bond acceptors (Lipinski definition) is 4. The molecule has 0 amide bonds. The van der Waals surface area contributed by atoms with Crippen molar-refractivity contribution in [3.63, 3.8) is 0 Å². The van der Waals surface area contributed by atoms with Crippen LogP contribution < -0.4 is 4.90 Å². The normalized spacial score (nSPS) is 24.7. The van der Waals surface area contributed by atoms with Crippen LogP contribution >= 0.6 is 27.7 Å². The molecule has 100 valence electrons. The van der Waals surface area contributed by atoms with Crippen molar-refractivity contribution in [1.82, 2.24) is 9.97 Å². The summed E-state index contributed by atoms with van der Waals surface area (Å²) < 4.78 is 0.884. The molecular weight excluding hydrogens is 310 g/mol. The van der Waals surface area contributed by atoms with Gasteiger partial charge in [0.2, 0.25) is 0 Å². The molecule has 1 aliphatic rings. The highest BCUT2D eigenvalue weighted by atomic mass is 79.9. The molecule has 3 nitrogen and oxygen atoms in total. The van der Waals surface area contributed by atoms with Crippen molar-refractivity contribution in [1.29, 1.82) is 0 Å². The van der Waals surface area contributed by atoms with E-state index in [2.05, 4.69) is 65.3 Å². The number of nitrogens with zero attached hydrogens (tertiary/aromatic N) is 3. The summed E-state index contributed by atoms with van der Waals surface area (Å²) >= 11 is 5.55. The van der Waals surface area contributed by atoms with Crippen LogP contribution in [0, 0.1) is 0 Å². The van der Waals surface area contributed by atoms with Gasteiger partial charge in [-0.05, 0) is 15.9 Å². The van der Waals surface area contributed by atoms with E-state index in [-0.39, 0.29) is 0 Å². The lowest BCUT2D eigenvalue weighted by atomic mass is 10.2. The summed E-state index contributed by atoms with van der Waals surface area (Å²) in [7, 11) is 0. The van der Waals surface area contributed by atoms with E-state index < -0.39 is 0 Å². The van der Waals surface area contributed by atoms with Gasteiger partial charge in [-0.1, -0.05) is 27.7 Å². The van der Waals surface area contributed by atoms with E-state index in [4.69, 9.17) is 4.98 Å². The third-order valence-electron chi connectivity index (χ3n) is 2.96. The number of rotatable bonds is 2. The van der Waals surface area contributed by atoms with Crippen LogP contribution in [0.5, 0.6) is 0 Å². The number of halogens is 1. The van der Waals surface area contributed by atoms with Crippen LogP contribution in [0.2, 0.25) is 0 Å². The van der Waals surface area contributed by atoms with Crippen molar-refractivity contribution in [2.75, 3.05) is 18.0 Å². The first-order valence-electron chi connectivity index (χ1n) is 6.40. The first-order valence-corrected chi connectivity index (χ1v) is 8.14. The molecule has 0 N–H and O–H groups in total. The Kier molecular flexibility index (Phi) is 4.54. The van der Waals surface area contributed by atoms with Gasteiger partial charge < -0.3 is 4.90 Å². The third kappa shape index (κ3) is 3.38. The SMILES string of the molecule is CC1CN(c2cc(Br)nc(C(C)C)n2)CC(C)S1. The van der Waals surface area contributed by atoms with Crippen molar-refractivity contribution in [2.24, 2.45) is 0 Å². The summed E-state index contributed by atoms with van der Waals surface area (Å²) in [5, 5.41) is 1.31. The summed E-state index contributed by atoms with van der Waals surface area (Å²) in [4.78, 5) is 11.5. The second kappa shape index (κ2) is 5.78. The highest BCUT2D eigenvalue weighted by Gasteiger charge is 2.24. The fourth-order valence-electron chi connectivity index (χ4n) is 2.21. The standard InChI is InChI=1S/C13H20BrN3S/c1-8(2)13-15-11(14)5-12(16-13)17-6-9(3)18-10(4)7-17/h5,8-10H,6-7H2,1-4H3. The van der Waals surface area contributed by atoms with Gasteiger partial charge in [-0.15, -0.1) is 0 Å². The molecule has 0 saturated carbocycles. The zero-order valence-corrected chi connectivity index (χ0v) is 13.8. The Balaban J connectivity index is 2.26. The minimum Gasteiger partial charge on any atom is -0.354 e. The van der Waals surface area contributed by atoms with Gasteiger partial charge >= 0.3 is 0 Å². The van der Waals surface area contributed by atoms with Crippen LogP contribution in [0.25, 0.3) is 0 Å². The molecule has 0 bridgehead atoms. The average molecular weight is 330 g/mol. The topological polar surface area (TPSA) is 29.0 Å². The molecule has 0 aromatic carbocycles. The van der Waals surface area contributed by atoms with Gasteiger partial charge in [-0.3, -0.25) is 0 Å². The Morgan fingerprint density at radius 2 is 1.89 bits per heavy atom. The first-order chi connectivity index (χ1) is 8.45. The molecule has 1 fully saturated rings. The van der Waals surface area contributed by atoms with Crippen LogP contribution in [0.1, 0.15) is 39.4 Å². The quantitative estimate of drug-likeness (QED) is 0.774. The van der Waals surface area contributed by atoms with Gasteiger partial charge in [-0.25, -0.2) is 9.97 Å². The predicted octanol–water partition coefficient (Wildman–Crippen LogP) is 3.69. The van der Waals surface area contributed by atoms with Gasteiger partial charge in [0.15, 0.2) is 0 Å². The second-order valence-corrected chi connectivity index (χ2v) is 7.92. The summed E-state index contributed by atoms with van der Waals surface area (Å²) in [6.45, 7) is 11.0. The molecule has 2 atom stereocenters. The van der Waals surface area contributed by atoms with Crippen molar-refractivity contribution >= 4 is 33.5 Å². The number of aromatic nitrogens is 2. The zero-order chi connectivity index (χ0) is 13.3. The lowest BCUT2D eigenvalue weighted by molar-refractivity contribution is 0.700. The van der Waals surface area contributed by atoms with Gasteiger partial charge in [0.05, 0.1) is 0 Å². The highest BCUT2D eigenvalue weighted by Crippen LogP contribution is 2.29. The summed E-state index contributed by atoms with van der Waals surface area (Å²) in [5.74, 6) is 2.33. The lowest BCUT2D eigenvalue weighted by Gasteiger charge is -2.35. The van der Waals surface area contributed by atoms with Crippen LogP contribution in [-0.4, -0.2) is 33.6 Å². The Morgan fingerprint density at radius 3 is 2.44 bits per heavy atom. The average Bonchev–Trinajstić information content (AvgIpc) is 2.26. The van der Waals surface area contributed by atoms with E-state index in [1.807, 2.05) is 6.07 Å². The number of thioether (sulfide) groups is 1. The predicted molar refractivity (Wildman–Crippen MR) is 82.5 cm³/mol. The zero-order valence-electron chi connectivity index (χ0n) is 11.4. The van der Waals surface area contributed by atoms with Crippen molar-refractivity contribution in [2.45, 2.75) is 44.1 Å². The van der Waals surface area contributed by atoms with E-state index >= 15 is 0 Å². The Morgan fingerprint density at radius 1 is 1.28 bits per heavy atom. The maximum Gasteiger partial charge on any atom is 0.134 e. The lowest BCUT2D eigenvalue weighted by Crippen LogP contribution is -2.41. The summed E-state index contributed by atoms with van der Waals surface area (Å²) in [6, 6.07) is 2.03. The van der Waals surface area contributed by atoms with Gasteiger partial charge in [-0.2, -0.15) is 11.8 Å². The minimum atomic E-state index is 0.357. The molecule has 2 heterocycles. The molecular formula is C13H20BrN3S. The molecule has 18 heavy (non-hydrogen) atoms. The van der Waals surface area contributed by atoms with E-state index in [0.29, 0.717) is 16.4 Å². The van der Waals surface area contributed by atoms with E-state index in [1.54, 1.807) is 0 Å². The van der Waals surface area contributed by atoms with Gasteiger partial charge in [0.1, 0.15) is 16.2 Å². The first kappa shape index (κ1) is 14.1. The molecule has 1 saturated heterocycles. The maximum atomic E-state index is 4.70. The van der Waals surface area contributed by atoms with Crippen molar-refractivity contribution in [3.05, 3.63) is 16.5 Å². The van der Waals surface area contributed by atoms with E-state index in [9.17, 15) is 0 Å². The van der Waals surface area contributed by atoms with E-state index in [1.165, 1.54) is 0 Å². The minimum absolute atomic E-state index is 0.357. The smallest absolute Gasteiger partial charge is 0.134 e. The van der Waals surface area contributed by atoms with Gasteiger partial charge in [0.25, 0.3) is 0 Å². The van der Waals surface area contributed by atoms with E-state index in [0.717, 1.165) is 29.3 Å². The van der Waals surface area contributed by atoms with Crippen LogP contribution in [-0.2, 0) is 0 Å². The second-order valence-electron chi connectivity index (χ2n) is 5.22. The molecule has 0 radical (unpaired) electrons. The molecule has 2 unspecified atom stereocenters. The monoisotopic (exact) mass is 329 g/mol. The van der Waals surface area contributed by atoms with Crippen LogP contribution in [0.3, 0.4) is 0 Å². The van der Waals surface area contributed by atoms with Crippen molar-refractivity contribution in [3.8, 4) is 0 Å². The fraction of sp³-hybridized carbons (Fsp3) is 0.692. The largest absolute Gasteiger partial charge is 0.354 e. The number of hydrogen-bond donors (Lipinski definition) is 0. The highest BCUT2D eigenvalue weighted by molar-refractivity contribution is 9.10. The maximum absolute atomic E-state index is 4.70. The van der Waals surface area contributed by atoms with Crippen LogP contribution in [0.4, 0.5) is 5.82 Å².